The number of benzene rings is 2. The number of hydrogen-bond acceptors (Lipinski definition) is 4. The number of nitrogens with zero attached hydrogens (tertiary/aromatic N) is 1. The summed E-state index contributed by atoms with van der Waals surface area (Å²) >= 11 is 5.35. The number of para-hydroxylation sites is 2. The van der Waals surface area contributed by atoms with Crippen molar-refractivity contribution in [2.45, 2.75) is 32.7 Å². The molecule has 0 aliphatic carbocycles. The lowest BCUT2D eigenvalue weighted by molar-refractivity contribution is 0.102. The van der Waals surface area contributed by atoms with Crippen molar-refractivity contribution in [2.75, 3.05) is 12.4 Å². The maximum absolute atomic E-state index is 12.8. The first-order valence-corrected chi connectivity index (χ1v) is 9.67. The zero-order chi connectivity index (χ0) is 20.1. The number of rotatable bonds is 7. The molecule has 0 saturated heterocycles. The number of methoxy groups -OCH3 is 1. The Bertz CT molecular complexity index is 1120. The maximum atomic E-state index is 12.8. The molecule has 0 bridgehead atoms. The number of aromatic nitrogens is 2. The van der Waals surface area contributed by atoms with E-state index in [1.165, 1.54) is 0 Å². The minimum Gasteiger partial charge on any atom is -0.495 e. The Morgan fingerprint density at radius 1 is 1.21 bits per heavy atom. The smallest absolute Gasteiger partial charge is 0.262 e. The van der Waals surface area contributed by atoms with Crippen LogP contribution in [0.2, 0.25) is 0 Å². The first-order valence-electron chi connectivity index (χ1n) is 9.26. The third-order valence-corrected chi connectivity index (χ3v) is 4.91. The van der Waals surface area contributed by atoms with Gasteiger partial charge in [-0.15, -0.1) is 0 Å². The van der Waals surface area contributed by atoms with Gasteiger partial charge in [-0.25, -0.2) is 0 Å². The molecule has 7 heteroatoms. The van der Waals surface area contributed by atoms with Gasteiger partial charge in [0.25, 0.3) is 11.5 Å². The summed E-state index contributed by atoms with van der Waals surface area (Å²) in [5.41, 5.74) is 1.42. The lowest BCUT2D eigenvalue weighted by Gasteiger charge is -2.11. The Balaban J connectivity index is 1.92. The number of unbranched alkanes of at least 4 members (excludes halogenated alkanes) is 2. The molecular formula is C21H23N3O3S. The molecule has 0 radical (unpaired) electrons. The third kappa shape index (κ3) is 4.14. The van der Waals surface area contributed by atoms with Crippen LogP contribution < -0.4 is 15.6 Å². The summed E-state index contributed by atoms with van der Waals surface area (Å²) in [6.45, 7) is 2.70. The van der Waals surface area contributed by atoms with Crippen LogP contribution in [0.5, 0.6) is 5.75 Å². The Labute approximate surface area is 168 Å². The highest BCUT2D eigenvalue weighted by Crippen LogP contribution is 2.24. The van der Waals surface area contributed by atoms with Gasteiger partial charge in [-0.3, -0.25) is 14.2 Å². The number of H-pyrrole nitrogens is 1. The number of carbonyl (C=O) groups excluding carboxylic acids is 1. The van der Waals surface area contributed by atoms with E-state index in [1.807, 2.05) is 12.1 Å². The van der Waals surface area contributed by atoms with Crippen molar-refractivity contribution >= 4 is 34.7 Å². The largest absolute Gasteiger partial charge is 0.495 e. The van der Waals surface area contributed by atoms with Gasteiger partial charge in [0, 0.05) is 12.1 Å². The number of fused-ring (bicyclic) bond motifs is 1. The van der Waals surface area contributed by atoms with E-state index in [0.717, 1.165) is 19.3 Å². The molecule has 0 unspecified atom stereocenters. The van der Waals surface area contributed by atoms with Crippen LogP contribution in [0, 0.1) is 4.77 Å². The van der Waals surface area contributed by atoms with Gasteiger partial charge in [-0.1, -0.05) is 31.9 Å². The van der Waals surface area contributed by atoms with Gasteiger partial charge in [0.15, 0.2) is 4.77 Å². The third-order valence-electron chi connectivity index (χ3n) is 4.58. The summed E-state index contributed by atoms with van der Waals surface area (Å²) in [5.74, 6) is 0.281. The van der Waals surface area contributed by atoms with E-state index in [4.69, 9.17) is 17.0 Å². The highest BCUT2D eigenvalue weighted by atomic mass is 32.1. The van der Waals surface area contributed by atoms with Crippen LogP contribution in [0.1, 0.15) is 36.5 Å². The molecule has 3 rings (SSSR count). The van der Waals surface area contributed by atoms with Crippen LogP contribution in [0.4, 0.5) is 5.69 Å². The molecule has 1 heterocycles. The molecule has 6 nitrogen and oxygen atoms in total. The molecule has 1 aromatic heterocycles. The standard InChI is InChI=1S/C21H23N3O3S/c1-3-4-7-12-24-20(26)15-11-10-14(13-17(15)23-21(24)28)19(25)22-16-8-5-6-9-18(16)27-2/h5-6,8-11,13H,3-4,7,12H2,1-2H3,(H,22,25)(H,23,28). The Kier molecular flexibility index (Phi) is 6.26. The van der Waals surface area contributed by atoms with E-state index in [2.05, 4.69) is 17.2 Å². The molecular weight excluding hydrogens is 374 g/mol. The second kappa shape index (κ2) is 8.84. The minimum absolute atomic E-state index is 0.133. The number of anilines is 1. The molecule has 0 spiro atoms. The van der Waals surface area contributed by atoms with E-state index in [9.17, 15) is 9.59 Å². The molecule has 0 fully saturated rings. The molecule has 0 aliphatic rings. The van der Waals surface area contributed by atoms with Gasteiger partial charge in [0.1, 0.15) is 5.75 Å². The molecule has 146 valence electrons. The molecule has 3 aromatic rings. The summed E-state index contributed by atoms with van der Waals surface area (Å²) in [4.78, 5) is 28.5. The zero-order valence-corrected chi connectivity index (χ0v) is 16.8. The van der Waals surface area contributed by atoms with Crippen LogP contribution in [-0.2, 0) is 6.54 Å². The maximum Gasteiger partial charge on any atom is 0.262 e. The van der Waals surface area contributed by atoms with E-state index >= 15 is 0 Å². The van der Waals surface area contributed by atoms with E-state index < -0.39 is 0 Å². The van der Waals surface area contributed by atoms with Gasteiger partial charge in [-0.2, -0.15) is 0 Å². The second-order valence-corrected chi connectivity index (χ2v) is 6.90. The number of aromatic amines is 1. The zero-order valence-electron chi connectivity index (χ0n) is 16.0. The summed E-state index contributed by atoms with van der Waals surface area (Å²) < 4.78 is 7.21. The number of carbonyl (C=O) groups is 1. The fourth-order valence-electron chi connectivity index (χ4n) is 3.06. The van der Waals surface area contributed by atoms with Gasteiger partial charge >= 0.3 is 0 Å². The van der Waals surface area contributed by atoms with Crippen molar-refractivity contribution in [3.8, 4) is 5.75 Å². The monoisotopic (exact) mass is 397 g/mol. The van der Waals surface area contributed by atoms with Crippen molar-refractivity contribution in [1.29, 1.82) is 0 Å². The number of nitrogens with one attached hydrogen (secondary N) is 2. The Morgan fingerprint density at radius 3 is 2.75 bits per heavy atom. The van der Waals surface area contributed by atoms with Crippen molar-refractivity contribution in [3.63, 3.8) is 0 Å². The normalized spacial score (nSPS) is 10.8. The summed E-state index contributed by atoms with van der Waals surface area (Å²) in [7, 11) is 1.55. The van der Waals surface area contributed by atoms with Crippen LogP contribution in [-0.4, -0.2) is 22.6 Å². The van der Waals surface area contributed by atoms with Crippen LogP contribution in [0.25, 0.3) is 10.9 Å². The van der Waals surface area contributed by atoms with Gasteiger partial charge in [0.05, 0.1) is 23.7 Å². The fraction of sp³-hybridized carbons (Fsp3) is 0.286. The van der Waals surface area contributed by atoms with Crippen molar-refractivity contribution in [2.24, 2.45) is 0 Å². The lowest BCUT2D eigenvalue weighted by Crippen LogP contribution is -2.22. The average molecular weight is 398 g/mol. The van der Waals surface area contributed by atoms with Crippen LogP contribution >= 0.6 is 12.2 Å². The van der Waals surface area contributed by atoms with E-state index in [-0.39, 0.29) is 11.5 Å². The van der Waals surface area contributed by atoms with Crippen molar-refractivity contribution in [3.05, 3.63) is 63.2 Å². The lowest BCUT2D eigenvalue weighted by atomic mass is 10.1. The minimum atomic E-state index is -0.294. The van der Waals surface area contributed by atoms with Gasteiger partial charge in [-0.05, 0) is 49.0 Å². The highest BCUT2D eigenvalue weighted by Gasteiger charge is 2.12. The van der Waals surface area contributed by atoms with Crippen LogP contribution in [0.15, 0.2) is 47.3 Å². The van der Waals surface area contributed by atoms with Crippen molar-refractivity contribution in [1.82, 2.24) is 9.55 Å². The fourth-order valence-corrected chi connectivity index (χ4v) is 3.35. The molecule has 28 heavy (non-hydrogen) atoms. The van der Waals surface area contributed by atoms with Crippen molar-refractivity contribution < 1.29 is 9.53 Å². The molecule has 2 aromatic carbocycles. The molecule has 0 atom stereocenters. The Morgan fingerprint density at radius 2 is 2.00 bits per heavy atom. The predicted octanol–water partition coefficient (Wildman–Crippen LogP) is 4.51. The predicted molar refractivity (Wildman–Crippen MR) is 114 cm³/mol. The van der Waals surface area contributed by atoms with E-state index in [0.29, 0.717) is 39.2 Å². The molecule has 0 aliphatic heterocycles. The average Bonchev–Trinajstić information content (AvgIpc) is 2.70. The number of ether oxygens (including phenoxy) is 1. The second-order valence-electron chi connectivity index (χ2n) is 6.51. The highest BCUT2D eigenvalue weighted by molar-refractivity contribution is 7.71. The number of hydrogen-bond donors (Lipinski definition) is 2. The van der Waals surface area contributed by atoms with Gasteiger partial charge < -0.3 is 15.0 Å². The van der Waals surface area contributed by atoms with Gasteiger partial charge in [0.2, 0.25) is 0 Å². The summed E-state index contributed by atoms with van der Waals surface area (Å²) in [6.07, 6.45) is 3.02. The quantitative estimate of drug-likeness (QED) is 0.454. The SMILES string of the molecule is CCCCCn1c(=S)[nH]c2cc(C(=O)Nc3ccccc3OC)ccc2c1=O. The van der Waals surface area contributed by atoms with E-state index in [1.54, 1.807) is 42.0 Å². The molecule has 2 N–H and O–H groups in total. The first kappa shape index (κ1) is 19.8. The first-order chi connectivity index (χ1) is 13.5. The Hall–Kier alpha value is -2.93. The van der Waals surface area contributed by atoms with Crippen LogP contribution in [0.3, 0.4) is 0 Å². The molecule has 1 amide bonds. The topological polar surface area (TPSA) is 76.1 Å². The summed E-state index contributed by atoms with van der Waals surface area (Å²) in [5, 5.41) is 3.34. The molecule has 0 saturated carbocycles. The number of amides is 1. The summed E-state index contributed by atoms with van der Waals surface area (Å²) in [6, 6.07) is 12.1.